The molecule has 0 aromatic heterocycles. The molecule has 0 bridgehead atoms. The first-order valence-corrected chi connectivity index (χ1v) is 9.46. The minimum Gasteiger partial charge on any atom is -0.347 e. The number of halogens is 1. The van der Waals surface area contributed by atoms with Crippen LogP contribution in [0.1, 0.15) is 49.3 Å². The Morgan fingerprint density at radius 3 is 2.46 bits per heavy atom. The van der Waals surface area contributed by atoms with E-state index in [0.717, 1.165) is 6.54 Å². The number of amides is 1. The van der Waals surface area contributed by atoms with Gasteiger partial charge < -0.3 is 10.2 Å². The van der Waals surface area contributed by atoms with Crippen LogP contribution < -0.4 is 10.2 Å². The number of rotatable bonds is 8. The first kappa shape index (κ1) is 18.6. The molecule has 3 rings (SSSR count). The van der Waals surface area contributed by atoms with Crippen LogP contribution in [-0.2, 0) is 17.9 Å². The second kappa shape index (κ2) is 8.45. The van der Waals surface area contributed by atoms with E-state index in [9.17, 15) is 9.18 Å². The van der Waals surface area contributed by atoms with Gasteiger partial charge in [0, 0.05) is 30.5 Å². The molecule has 4 heteroatoms. The van der Waals surface area contributed by atoms with Crippen LogP contribution in [0.25, 0.3) is 0 Å². The van der Waals surface area contributed by atoms with E-state index in [4.69, 9.17) is 0 Å². The maximum Gasteiger partial charge on any atom is 0.275 e. The normalized spacial score (nSPS) is 15.1. The van der Waals surface area contributed by atoms with Crippen LogP contribution in [0.4, 0.5) is 4.39 Å². The Labute approximate surface area is 155 Å². The largest absolute Gasteiger partial charge is 0.347 e. The number of benzene rings is 2. The van der Waals surface area contributed by atoms with E-state index in [-0.39, 0.29) is 18.3 Å². The Morgan fingerprint density at radius 2 is 1.85 bits per heavy atom. The molecule has 2 aromatic rings. The van der Waals surface area contributed by atoms with Gasteiger partial charge in [-0.25, -0.2) is 4.39 Å². The summed E-state index contributed by atoms with van der Waals surface area (Å²) in [6.45, 7) is 5.92. The maximum absolute atomic E-state index is 13.7. The molecule has 1 aliphatic carbocycles. The smallest absolute Gasteiger partial charge is 0.275 e. The van der Waals surface area contributed by atoms with Crippen molar-refractivity contribution in [1.82, 2.24) is 5.32 Å². The molecule has 2 N–H and O–H groups in total. The lowest BCUT2D eigenvalue weighted by atomic mass is 10.0. The van der Waals surface area contributed by atoms with Gasteiger partial charge in [-0.1, -0.05) is 56.3 Å². The van der Waals surface area contributed by atoms with Crippen molar-refractivity contribution in [2.45, 2.75) is 51.7 Å². The van der Waals surface area contributed by atoms with E-state index < -0.39 is 0 Å². The zero-order valence-electron chi connectivity index (χ0n) is 15.6. The van der Waals surface area contributed by atoms with E-state index in [1.165, 1.54) is 34.9 Å². The van der Waals surface area contributed by atoms with Crippen molar-refractivity contribution in [1.29, 1.82) is 0 Å². The van der Waals surface area contributed by atoms with Crippen LogP contribution in [0.3, 0.4) is 0 Å². The molecule has 26 heavy (non-hydrogen) atoms. The maximum atomic E-state index is 13.7. The zero-order chi connectivity index (χ0) is 18.5. The van der Waals surface area contributed by atoms with Gasteiger partial charge >= 0.3 is 0 Å². The molecule has 2 aromatic carbocycles. The van der Waals surface area contributed by atoms with Crippen LogP contribution in [0.2, 0.25) is 0 Å². The highest BCUT2D eigenvalue weighted by Gasteiger charge is 2.34. The highest BCUT2D eigenvalue weighted by Crippen LogP contribution is 2.17. The van der Waals surface area contributed by atoms with Crippen LogP contribution in [0, 0.1) is 5.82 Å². The SMILES string of the molecule is CC(C)c1ccc(C[NH+](CC(=O)NCc2ccccc2F)C2CC2)cc1. The lowest BCUT2D eigenvalue weighted by molar-refractivity contribution is -0.917. The van der Waals surface area contributed by atoms with Crippen molar-refractivity contribution in [3.8, 4) is 0 Å². The fourth-order valence-corrected chi connectivity index (χ4v) is 3.23. The molecule has 1 fully saturated rings. The van der Waals surface area contributed by atoms with Gasteiger partial charge in [0.2, 0.25) is 0 Å². The van der Waals surface area contributed by atoms with Gasteiger partial charge in [0.1, 0.15) is 12.4 Å². The van der Waals surface area contributed by atoms with E-state index in [1.54, 1.807) is 18.2 Å². The average molecular weight is 355 g/mol. The summed E-state index contributed by atoms with van der Waals surface area (Å²) in [6.07, 6.45) is 2.36. The lowest BCUT2D eigenvalue weighted by Gasteiger charge is -2.19. The molecule has 0 heterocycles. The number of hydrogen-bond acceptors (Lipinski definition) is 1. The molecule has 138 valence electrons. The third kappa shape index (κ3) is 5.15. The summed E-state index contributed by atoms with van der Waals surface area (Å²) in [5, 5.41) is 2.86. The summed E-state index contributed by atoms with van der Waals surface area (Å²) >= 11 is 0. The fraction of sp³-hybridized carbons (Fsp3) is 0.409. The summed E-state index contributed by atoms with van der Waals surface area (Å²) < 4.78 is 13.7. The van der Waals surface area contributed by atoms with Crippen molar-refractivity contribution in [3.63, 3.8) is 0 Å². The second-order valence-electron chi connectivity index (χ2n) is 7.55. The predicted octanol–water partition coefficient (Wildman–Crippen LogP) is 2.81. The van der Waals surface area contributed by atoms with Crippen molar-refractivity contribution >= 4 is 5.91 Å². The van der Waals surface area contributed by atoms with Crippen LogP contribution in [-0.4, -0.2) is 18.5 Å². The molecule has 3 nitrogen and oxygen atoms in total. The Hall–Kier alpha value is -2.20. The van der Waals surface area contributed by atoms with Gasteiger partial charge in [0.25, 0.3) is 5.91 Å². The van der Waals surface area contributed by atoms with Gasteiger partial charge in [0.05, 0.1) is 6.04 Å². The van der Waals surface area contributed by atoms with E-state index in [1.807, 2.05) is 0 Å². The molecule has 1 saturated carbocycles. The zero-order valence-corrected chi connectivity index (χ0v) is 15.6. The quantitative estimate of drug-likeness (QED) is 0.750. The summed E-state index contributed by atoms with van der Waals surface area (Å²) in [4.78, 5) is 13.6. The van der Waals surface area contributed by atoms with Gasteiger partial charge in [-0.2, -0.15) is 0 Å². The van der Waals surface area contributed by atoms with Crippen LogP contribution in [0.15, 0.2) is 48.5 Å². The number of quaternary nitrogens is 1. The number of carbonyl (C=O) groups is 1. The first-order valence-electron chi connectivity index (χ1n) is 9.46. The van der Waals surface area contributed by atoms with Crippen molar-refractivity contribution < 1.29 is 14.1 Å². The molecule has 0 saturated heterocycles. The summed E-state index contributed by atoms with van der Waals surface area (Å²) in [5.74, 6) is 0.235. The number of nitrogens with one attached hydrogen (secondary N) is 2. The van der Waals surface area contributed by atoms with Crippen molar-refractivity contribution in [2.75, 3.05) is 6.54 Å². The van der Waals surface area contributed by atoms with E-state index in [2.05, 4.69) is 43.4 Å². The Bertz CT molecular complexity index is 738. The third-order valence-corrected chi connectivity index (χ3v) is 5.05. The van der Waals surface area contributed by atoms with Gasteiger partial charge in [-0.15, -0.1) is 0 Å². The topological polar surface area (TPSA) is 33.5 Å². The predicted molar refractivity (Wildman–Crippen MR) is 101 cm³/mol. The van der Waals surface area contributed by atoms with Crippen LogP contribution in [0.5, 0.6) is 0 Å². The Balaban J connectivity index is 1.55. The first-order chi connectivity index (χ1) is 12.5. The highest BCUT2D eigenvalue weighted by molar-refractivity contribution is 5.76. The van der Waals surface area contributed by atoms with E-state index >= 15 is 0 Å². The number of hydrogen-bond donors (Lipinski definition) is 2. The highest BCUT2D eigenvalue weighted by atomic mass is 19.1. The molecule has 1 unspecified atom stereocenters. The van der Waals surface area contributed by atoms with Gasteiger partial charge in [-0.05, 0) is 17.5 Å². The molecule has 1 aliphatic rings. The standard InChI is InChI=1S/C22H27FN2O/c1-16(2)18-9-7-17(8-10-18)14-25(20-11-12-20)15-22(26)24-13-19-5-3-4-6-21(19)23/h3-10,16,20H,11-15H2,1-2H3,(H,24,26)/p+1. The summed E-state index contributed by atoms with van der Waals surface area (Å²) in [6, 6.07) is 15.9. The Morgan fingerprint density at radius 1 is 1.15 bits per heavy atom. The molecule has 1 amide bonds. The second-order valence-corrected chi connectivity index (χ2v) is 7.55. The summed E-state index contributed by atoms with van der Waals surface area (Å²) in [7, 11) is 0. The van der Waals surface area contributed by atoms with Crippen molar-refractivity contribution in [2.24, 2.45) is 0 Å². The molecule has 1 atom stereocenters. The van der Waals surface area contributed by atoms with Gasteiger partial charge in [-0.3, -0.25) is 4.79 Å². The minimum absolute atomic E-state index is 0.0195. The van der Waals surface area contributed by atoms with E-state index in [0.29, 0.717) is 24.1 Å². The van der Waals surface area contributed by atoms with Gasteiger partial charge in [0.15, 0.2) is 6.54 Å². The Kier molecular flexibility index (Phi) is 6.04. The lowest BCUT2D eigenvalue weighted by Crippen LogP contribution is -3.13. The minimum atomic E-state index is -0.274. The molecule has 0 spiro atoms. The molecule has 0 aliphatic heterocycles. The summed E-state index contributed by atoms with van der Waals surface area (Å²) in [5.41, 5.74) is 3.13. The van der Waals surface area contributed by atoms with Crippen LogP contribution >= 0.6 is 0 Å². The van der Waals surface area contributed by atoms with Crippen molar-refractivity contribution in [3.05, 3.63) is 71.0 Å². The monoisotopic (exact) mass is 355 g/mol. The molecule has 0 radical (unpaired) electrons. The average Bonchev–Trinajstić information content (AvgIpc) is 3.46. The molecular formula is C22H28FN2O+. The molecular weight excluding hydrogens is 327 g/mol. The number of carbonyl (C=O) groups excluding carboxylic acids is 1. The fourth-order valence-electron chi connectivity index (χ4n) is 3.23. The third-order valence-electron chi connectivity index (χ3n) is 5.05.